The minimum absolute atomic E-state index is 0.174. The maximum Gasteiger partial charge on any atom is 0.347 e. The van der Waals surface area contributed by atoms with Crippen LogP contribution in [-0.4, -0.2) is 25.2 Å². The van der Waals surface area contributed by atoms with Crippen LogP contribution in [0.4, 0.5) is 5.69 Å². The van der Waals surface area contributed by atoms with Gasteiger partial charge in [-0.25, -0.2) is 9.59 Å². The van der Waals surface area contributed by atoms with Crippen molar-refractivity contribution in [2.24, 2.45) is 0 Å². The molecule has 0 heterocycles. The summed E-state index contributed by atoms with van der Waals surface area (Å²) in [6.45, 7) is 3.71. The Balaban J connectivity index is 2.31. The van der Waals surface area contributed by atoms with Crippen molar-refractivity contribution >= 4 is 17.6 Å². The average Bonchev–Trinajstić information content (AvgIpc) is 2.63. The van der Waals surface area contributed by atoms with Crippen LogP contribution in [0.1, 0.15) is 13.8 Å². The molecule has 0 amide bonds. The Bertz CT molecular complexity index is 733. The summed E-state index contributed by atoms with van der Waals surface area (Å²) >= 11 is 0. The molecule has 0 unspecified atom stereocenters. The zero-order valence-corrected chi connectivity index (χ0v) is 14.3. The van der Waals surface area contributed by atoms with Crippen LogP contribution < -0.4 is 5.32 Å². The highest BCUT2D eigenvalue weighted by atomic mass is 16.6. The molecule has 5 nitrogen and oxygen atoms in total. The molecule has 0 aliphatic heterocycles. The van der Waals surface area contributed by atoms with Gasteiger partial charge in [-0.3, -0.25) is 0 Å². The van der Waals surface area contributed by atoms with Crippen molar-refractivity contribution in [3.63, 3.8) is 0 Å². The first-order valence-corrected chi connectivity index (χ1v) is 8.12. The Kier molecular flexibility index (Phi) is 6.77. The fraction of sp³-hybridized carbons (Fsp3) is 0.200. The molecule has 0 aliphatic carbocycles. The molecule has 0 radical (unpaired) electrons. The first-order valence-electron chi connectivity index (χ1n) is 8.12. The second-order valence-corrected chi connectivity index (χ2v) is 5.05. The first-order chi connectivity index (χ1) is 12.2. The van der Waals surface area contributed by atoms with E-state index in [1.165, 1.54) is 6.20 Å². The fourth-order valence-corrected chi connectivity index (χ4v) is 2.25. The Morgan fingerprint density at radius 1 is 0.880 bits per heavy atom. The third kappa shape index (κ3) is 4.94. The minimum Gasteiger partial charge on any atom is -0.462 e. The molecular formula is C20H21NO4. The minimum atomic E-state index is -0.717. The van der Waals surface area contributed by atoms with Gasteiger partial charge in [0.15, 0.2) is 5.57 Å². The van der Waals surface area contributed by atoms with Crippen molar-refractivity contribution in [2.75, 3.05) is 18.5 Å². The molecule has 130 valence electrons. The van der Waals surface area contributed by atoms with Crippen molar-refractivity contribution in [2.45, 2.75) is 13.8 Å². The van der Waals surface area contributed by atoms with E-state index in [-0.39, 0.29) is 18.8 Å². The van der Waals surface area contributed by atoms with E-state index in [9.17, 15) is 9.59 Å². The number of ether oxygens (including phenoxy) is 2. The van der Waals surface area contributed by atoms with Crippen LogP contribution in [0.15, 0.2) is 66.4 Å². The third-order valence-corrected chi connectivity index (χ3v) is 3.37. The number of esters is 2. The lowest BCUT2D eigenvalue weighted by atomic mass is 10.0. The highest BCUT2D eigenvalue weighted by Gasteiger charge is 2.21. The topological polar surface area (TPSA) is 64.6 Å². The monoisotopic (exact) mass is 339 g/mol. The summed E-state index contributed by atoms with van der Waals surface area (Å²) in [5.74, 6) is -1.43. The van der Waals surface area contributed by atoms with Crippen LogP contribution in [0.3, 0.4) is 0 Å². The number of hydrogen-bond donors (Lipinski definition) is 1. The Hall–Kier alpha value is -3.08. The van der Waals surface area contributed by atoms with E-state index in [0.717, 1.165) is 16.8 Å². The van der Waals surface area contributed by atoms with E-state index >= 15 is 0 Å². The van der Waals surface area contributed by atoms with Crippen LogP contribution in [0.25, 0.3) is 11.1 Å². The number of nitrogens with one attached hydrogen (secondary N) is 1. The van der Waals surface area contributed by atoms with Crippen molar-refractivity contribution in [1.82, 2.24) is 0 Å². The third-order valence-electron chi connectivity index (χ3n) is 3.37. The number of carbonyl (C=O) groups excluding carboxylic acids is 2. The fourth-order valence-electron chi connectivity index (χ4n) is 2.25. The molecule has 0 bridgehead atoms. The van der Waals surface area contributed by atoms with Gasteiger partial charge in [0.05, 0.1) is 13.2 Å². The Morgan fingerprint density at radius 2 is 1.44 bits per heavy atom. The van der Waals surface area contributed by atoms with Gasteiger partial charge in [-0.1, -0.05) is 48.5 Å². The second-order valence-electron chi connectivity index (χ2n) is 5.05. The number of rotatable bonds is 7. The van der Waals surface area contributed by atoms with Crippen molar-refractivity contribution in [1.29, 1.82) is 0 Å². The molecule has 2 rings (SSSR count). The van der Waals surface area contributed by atoms with Crippen LogP contribution in [0, 0.1) is 0 Å². The van der Waals surface area contributed by atoms with Gasteiger partial charge in [-0.15, -0.1) is 0 Å². The average molecular weight is 339 g/mol. The standard InChI is InChI=1S/C20H21NO4/c1-3-24-19(22)17(20(23)25-4-2)14-21-18-13-9-8-12-16(18)15-10-6-5-7-11-15/h5-14,21H,3-4H2,1-2H3. The summed E-state index contributed by atoms with van der Waals surface area (Å²) in [5, 5.41) is 3.03. The zero-order valence-electron chi connectivity index (χ0n) is 14.3. The van der Waals surface area contributed by atoms with Crippen LogP contribution in [0.5, 0.6) is 0 Å². The molecule has 2 aromatic rings. The summed E-state index contributed by atoms with van der Waals surface area (Å²) in [5.41, 5.74) is 2.56. The molecule has 25 heavy (non-hydrogen) atoms. The molecule has 0 atom stereocenters. The molecule has 0 saturated carbocycles. The zero-order chi connectivity index (χ0) is 18.1. The number of para-hydroxylation sites is 1. The molecule has 2 aromatic carbocycles. The predicted octanol–water partition coefficient (Wildman–Crippen LogP) is 3.78. The van der Waals surface area contributed by atoms with Gasteiger partial charge in [-0.2, -0.15) is 0 Å². The van der Waals surface area contributed by atoms with Gasteiger partial charge < -0.3 is 14.8 Å². The highest BCUT2D eigenvalue weighted by molar-refractivity contribution is 6.14. The number of hydrogen-bond acceptors (Lipinski definition) is 5. The van der Waals surface area contributed by atoms with Gasteiger partial charge in [0, 0.05) is 17.5 Å². The van der Waals surface area contributed by atoms with E-state index in [0.29, 0.717) is 0 Å². The number of anilines is 1. The molecular weight excluding hydrogens is 318 g/mol. The molecule has 0 aromatic heterocycles. The van der Waals surface area contributed by atoms with Gasteiger partial charge in [0.2, 0.25) is 0 Å². The molecule has 0 aliphatic rings. The summed E-state index contributed by atoms with van der Waals surface area (Å²) in [6.07, 6.45) is 1.33. The van der Waals surface area contributed by atoms with E-state index in [1.807, 2.05) is 54.6 Å². The Labute approximate surface area is 147 Å². The summed E-state index contributed by atoms with van der Waals surface area (Å²) in [6, 6.07) is 17.4. The first kappa shape index (κ1) is 18.3. The van der Waals surface area contributed by atoms with E-state index in [2.05, 4.69) is 5.32 Å². The van der Waals surface area contributed by atoms with Crippen LogP contribution in [-0.2, 0) is 19.1 Å². The summed E-state index contributed by atoms with van der Waals surface area (Å²) < 4.78 is 9.85. The number of benzene rings is 2. The van der Waals surface area contributed by atoms with Crippen LogP contribution in [0.2, 0.25) is 0 Å². The van der Waals surface area contributed by atoms with Gasteiger partial charge >= 0.3 is 11.9 Å². The highest BCUT2D eigenvalue weighted by Crippen LogP contribution is 2.27. The predicted molar refractivity (Wildman–Crippen MR) is 96.8 cm³/mol. The second kappa shape index (κ2) is 9.27. The molecule has 1 N–H and O–H groups in total. The van der Waals surface area contributed by atoms with Crippen LogP contribution >= 0.6 is 0 Å². The SMILES string of the molecule is CCOC(=O)C(=CNc1ccccc1-c1ccccc1)C(=O)OCC. The maximum absolute atomic E-state index is 12.0. The lowest BCUT2D eigenvalue weighted by Gasteiger charge is -2.11. The number of carbonyl (C=O) groups is 2. The van der Waals surface area contributed by atoms with Gasteiger partial charge in [0.1, 0.15) is 0 Å². The smallest absolute Gasteiger partial charge is 0.347 e. The molecule has 5 heteroatoms. The molecule has 0 fully saturated rings. The maximum atomic E-state index is 12.0. The quantitative estimate of drug-likeness (QED) is 0.360. The van der Waals surface area contributed by atoms with Crippen molar-refractivity contribution < 1.29 is 19.1 Å². The molecule has 0 saturated heterocycles. The normalized spacial score (nSPS) is 9.84. The largest absolute Gasteiger partial charge is 0.462 e. The van der Waals surface area contributed by atoms with E-state index in [1.54, 1.807) is 13.8 Å². The summed E-state index contributed by atoms with van der Waals surface area (Å²) in [7, 11) is 0. The Morgan fingerprint density at radius 3 is 2.04 bits per heavy atom. The van der Waals surface area contributed by atoms with Crippen molar-refractivity contribution in [3.8, 4) is 11.1 Å². The van der Waals surface area contributed by atoms with E-state index < -0.39 is 11.9 Å². The van der Waals surface area contributed by atoms with Gasteiger partial charge in [-0.05, 0) is 25.5 Å². The van der Waals surface area contributed by atoms with Crippen molar-refractivity contribution in [3.05, 3.63) is 66.4 Å². The molecule has 0 spiro atoms. The van der Waals surface area contributed by atoms with E-state index in [4.69, 9.17) is 9.47 Å². The lowest BCUT2D eigenvalue weighted by Crippen LogP contribution is -2.19. The lowest BCUT2D eigenvalue weighted by molar-refractivity contribution is -0.146. The summed E-state index contributed by atoms with van der Waals surface area (Å²) in [4.78, 5) is 24.0. The van der Waals surface area contributed by atoms with Gasteiger partial charge in [0.25, 0.3) is 0 Å².